The molecular formula is C9H11ClN4O3. The summed E-state index contributed by atoms with van der Waals surface area (Å²) < 4.78 is 0. The topological polar surface area (TPSA) is 111 Å². The Balaban J connectivity index is 3.06. The van der Waals surface area contributed by atoms with Crippen molar-refractivity contribution in [2.45, 2.75) is 13.0 Å². The molecule has 0 aromatic carbocycles. The number of amides is 1. The first-order valence-corrected chi connectivity index (χ1v) is 5.14. The van der Waals surface area contributed by atoms with Crippen molar-refractivity contribution in [2.24, 2.45) is 5.73 Å². The summed E-state index contributed by atoms with van der Waals surface area (Å²) in [5.74, 6) is -0.598. The van der Waals surface area contributed by atoms with E-state index in [9.17, 15) is 14.9 Å². The molecule has 0 saturated carbocycles. The zero-order valence-corrected chi connectivity index (χ0v) is 9.77. The lowest BCUT2D eigenvalue weighted by atomic mass is 10.2. The summed E-state index contributed by atoms with van der Waals surface area (Å²) >= 11 is 5.60. The number of nitrogens with one attached hydrogen (secondary N) is 1. The van der Waals surface area contributed by atoms with E-state index in [0.29, 0.717) is 0 Å². The van der Waals surface area contributed by atoms with Gasteiger partial charge in [-0.05, 0) is 13.0 Å². The van der Waals surface area contributed by atoms with Crippen molar-refractivity contribution in [2.75, 3.05) is 6.54 Å². The van der Waals surface area contributed by atoms with Gasteiger partial charge in [0.15, 0.2) is 0 Å². The van der Waals surface area contributed by atoms with E-state index < -0.39 is 16.5 Å². The van der Waals surface area contributed by atoms with Crippen LogP contribution in [0.25, 0.3) is 0 Å². The van der Waals surface area contributed by atoms with Crippen LogP contribution >= 0.6 is 11.6 Å². The maximum atomic E-state index is 11.7. The zero-order valence-electron chi connectivity index (χ0n) is 9.01. The number of nitrogens with two attached hydrogens (primary N) is 1. The second-order valence-electron chi connectivity index (χ2n) is 3.39. The van der Waals surface area contributed by atoms with Crippen molar-refractivity contribution >= 4 is 23.2 Å². The largest absolute Gasteiger partial charge is 0.348 e. The highest BCUT2D eigenvalue weighted by molar-refractivity contribution is 6.29. The minimum atomic E-state index is -0.689. The molecule has 1 atom stereocenters. The van der Waals surface area contributed by atoms with E-state index in [1.54, 1.807) is 6.92 Å². The molecule has 1 rings (SSSR count). The second kappa shape index (κ2) is 5.55. The van der Waals surface area contributed by atoms with Gasteiger partial charge in [0.1, 0.15) is 16.9 Å². The quantitative estimate of drug-likeness (QED) is 0.470. The average molecular weight is 259 g/mol. The molecule has 7 nitrogen and oxygen atoms in total. The van der Waals surface area contributed by atoms with E-state index >= 15 is 0 Å². The Labute approximate surface area is 102 Å². The summed E-state index contributed by atoms with van der Waals surface area (Å²) in [6.07, 6.45) is 0.949. The number of carbonyl (C=O) groups is 1. The highest BCUT2D eigenvalue weighted by atomic mass is 35.5. The molecule has 1 amide bonds. The van der Waals surface area contributed by atoms with Crippen LogP contribution < -0.4 is 11.1 Å². The number of nitrogens with zero attached hydrogens (tertiary/aromatic N) is 2. The number of carbonyl (C=O) groups excluding carboxylic acids is 1. The molecule has 0 aliphatic carbocycles. The van der Waals surface area contributed by atoms with Crippen LogP contribution in [0, 0.1) is 10.1 Å². The lowest BCUT2D eigenvalue weighted by Crippen LogP contribution is -2.38. The third-order valence-corrected chi connectivity index (χ3v) is 2.23. The summed E-state index contributed by atoms with van der Waals surface area (Å²) in [6.45, 7) is 1.92. The number of halogens is 1. The zero-order chi connectivity index (χ0) is 13.0. The van der Waals surface area contributed by atoms with Gasteiger partial charge in [-0.25, -0.2) is 4.98 Å². The van der Waals surface area contributed by atoms with Crippen molar-refractivity contribution in [3.8, 4) is 0 Å². The fraction of sp³-hybridized carbons (Fsp3) is 0.333. The summed E-state index contributed by atoms with van der Waals surface area (Å²) in [6, 6.07) is 0.868. The minimum absolute atomic E-state index is 0.0150. The van der Waals surface area contributed by atoms with Crippen molar-refractivity contribution in [1.29, 1.82) is 0 Å². The van der Waals surface area contributed by atoms with E-state index in [1.165, 1.54) is 0 Å². The number of nitro groups is 1. The Kier molecular flexibility index (Phi) is 4.36. The number of hydrogen-bond donors (Lipinski definition) is 2. The van der Waals surface area contributed by atoms with Crippen LogP contribution in [-0.4, -0.2) is 28.4 Å². The first-order valence-electron chi connectivity index (χ1n) is 4.76. The number of pyridine rings is 1. The van der Waals surface area contributed by atoms with E-state index in [0.717, 1.165) is 12.3 Å². The van der Waals surface area contributed by atoms with Gasteiger partial charge in [-0.2, -0.15) is 0 Å². The molecule has 8 heteroatoms. The van der Waals surface area contributed by atoms with Crippen LogP contribution in [0.4, 0.5) is 5.69 Å². The Morgan fingerprint density at radius 1 is 1.76 bits per heavy atom. The van der Waals surface area contributed by atoms with Gasteiger partial charge in [-0.3, -0.25) is 14.9 Å². The summed E-state index contributed by atoms with van der Waals surface area (Å²) in [5, 5.41) is 13.2. The van der Waals surface area contributed by atoms with Gasteiger partial charge in [-0.1, -0.05) is 11.6 Å². The van der Waals surface area contributed by atoms with Crippen molar-refractivity contribution in [3.05, 3.63) is 33.1 Å². The third kappa shape index (κ3) is 3.36. The molecule has 1 aromatic heterocycles. The van der Waals surface area contributed by atoms with Crippen LogP contribution in [0.15, 0.2) is 12.3 Å². The van der Waals surface area contributed by atoms with Crippen LogP contribution in [0.5, 0.6) is 0 Å². The van der Waals surface area contributed by atoms with E-state index in [2.05, 4.69) is 10.3 Å². The molecule has 1 heterocycles. The molecule has 1 unspecified atom stereocenters. The van der Waals surface area contributed by atoms with Gasteiger partial charge in [0.05, 0.1) is 4.92 Å². The predicted octanol–water partition coefficient (Wildman–Crippen LogP) is 0.720. The molecule has 92 valence electrons. The fourth-order valence-electron chi connectivity index (χ4n) is 1.11. The second-order valence-corrected chi connectivity index (χ2v) is 3.78. The first kappa shape index (κ1) is 13.3. The third-order valence-electron chi connectivity index (χ3n) is 2.02. The molecule has 0 aliphatic heterocycles. The van der Waals surface area contributed by atoms with Crippen LogP contribution in [0.3, 0.4) is 0 Å². The Morgan fingerprint density at radius 2 is 2.41 bits per heavy atom. The maximum absolute atomic E-state index is 11.7. The average Bonchev–Trinajstić information content (AvgIpc) is 2.28. The SMILES string of the molecule is CC(CN)NC(=O)c1cc(Cl)ncc1[N+](=O)[O-]. The lowest BCUT2D eigenvalue weighted by Gasteiger charge is -2.11. The molecule has 0 radical (unpaired) electrons. The summed E-state index contributed by atoms with van der Waals surface area (Å²) in [5.41, 5.74) is 4.82. The highest BCUT2D eigenvalue weighted by Gasteiger charge is 2.22. The van der Waals surface area contributed by atoms with Gasteiger partial charge < -0.3 is 11.1 Å². The number of hydrogen-bond acceptors (Lipinski definition) is 5. The summed E-state index contributed by atoms with van der Waals surface area (Å²) in [4.78, 5) is 25.3. The normalized spacial score (nSPS) is 11.9. The van der Waals surface area contributed by atoms with Gasteiger partial charge in [0, 0.05) is 12.6 Å². The minimum Gasteiger partial charge on any atom is -0.348 e. The van der Waals surface area contributed by atoms with E-state index in [-0.39, 0.29) is 23.3 Å². The smallest absolute Gasteiger partial charge is 0.300 e. The van der Waals surface area contributed by atoms with Crippen molar-refractivity contribution in [1.82, 2.24) is 10.3 Å². The molecule has 0 bridgehead atoms. The van der Waals surface area contributed by atoms with Gasteiger partial charge in [0.2, 0.25) is 0 Å². The number of aromatic nitrogens is 1. The van der Waals surface area contributed by atoms with E-state index in [4.69, 9.17) is 17.3 Å². The monoisotopic (exact) mass is 258 g/mol. The van der Waals surface area contributed by atoms with Crippen molar-refractivity contribution in [3.63, 3.8) is 0 Å². The number of rotatable bonds is 4. The molecule has 0 aliphatic rings. The van der Waals surface area contributed by atoms with Gasteiger partial charge >= 0.3 is 0 Å². The predicted molar refractivity (Wildman–Crippen MR) is 61.9 cm³/mol. The fourth-order valence-corrected chi connectivity index (χ4v) is 1.27. The molecule has 0 spiro atoms. The molecule has 3 N–H and O–H groups in total. The van der Waals surface area contributed by atoms with Crippen LogP contribution in [0.2, 0.25) is 5.15 Å². The van der Waals surface area contributed by atoms with Crippen LogP contribution in [-0.2, 0) is 0 Å². The molecule has 1 aromatic rings. The summed E-state index contributed by atoms with van der Waals surface area (Å²) in [7, 11) is 0. The lowest BCUT2D eigenvalue weighted by molar-refractivity contribution is -0.385. The first-order chi connectivity index (χ1) is 7.95. The van der Waals surface area contributed by atoms with Gasteiger partial charge in [0.25, 0.3) is 11.6 Å². The molecule has 17 heavy (non-hydrogen) atoms. The van der Waals surface area contributed by atoms with Crippen molar-refractivity contribution < 1.29 is 9.72 Å². The maximum Gasteiger partial charge on any atom is 0.300 e. The Hall–Kier alpha value is -1.73. The molecular weight excluding hydrogens is 248 g/mol. The van der Waals surface area contributed by atoms with Gasteiger partial charge in [-0.15, -0.1) is 0 Å². The Bertz CT molecular complexity index is 452. The Morgan fingerprint density at radius 3 is 2.94 bits per heavy atom. The molecule has 0 saturated heterocycles. The highest BCUT2D eigenvalue weighted by Crippen LogP contribution is 2.20. The van der Waals surface area contributed by atoms with E-state index in [1.807, 2.05) is 0 Å². The molecule has 0 fully saturated rings. The standard InChI is InChI=1S/C9H11ClN4O3/c1-5(3-11)13-9(15)6-2-8(10)12-4-7(6)14(16)17/h2,4-5H,3,11H2,1H3,(H,13,15). The van der Waals surface area contributed by atoms with Crippen LogP contribution in [0.1, 0.15) is 17.3 Å².